The van der Waals surface area contributed by atoms with Crippen LogP contribution in [0.15, 0.2) is 0 Å². The highest BCUT2D eigenvalue weighted by Gasteiger charge is 2.32. The lowest BCUT2D eigenvalue weighted by Gasteiger charge is -2.34. The van der Waals surface area contributed by atoms with Crippen molar-refractivity contribution in [2.24, 2.45) is 0 Å². The van der Waals surface area contributed by atoms with E-state index < -0.39 is 0 Å². The second-order valence-electron chi connectivity index (χ2n) is 5.88. The smallest absolute Gasteiger partial charge is 0.291 e. The van der Waals surface area contributed by atoms with Gasteiger partial charge in [0.25, 0.3) is 5.91 Å². The van der Waals surface area contributed by atoms with Gasteiger partial charge in [0.05, 0.1) is 0 Å². The van der Waals surface area contributed by atoms with Gasteiger partial charge in [-0.2, -0.15) is 0 Å². The van der Waals surface area contributed by atoms with Gasteiger partial charge in [-0.3, -0.25) is 9.89 Å². The van der Waals surface area contributed by atoms with E-state index in [0.717, 1.165) is 38.1 Å². The van der Waals surface area contributed by atoms with Crippen LogP contribution in [-0.4, -0.2) is 51.2 Å². The van der Waals surface area contributed by atoms with Gasteiger partial charge in [0.2, 0.25) is 5.82 Å². The Bertz CT molecular complexity index is 472. The molecule has 0 radical (unpaired) electrons. The normalized spacial score (nSPS) is 26.4. The van der Waals surface area contributed by atoms with Crippen molar-refractivity contribution >= 4 is 5.91 Å². The average Bonchev–Trinajstić information content (AvgIpc) is 3.07. The number of H-pyrrole nitrogens is 1. The van der Waals surface area contributed by atoms with Crippen LogP contribution in [0, 0.1) is 0 Å². The van der Waals surface area contributed by atoms with Gasteiger partial charge >= 0.3 is 0 Å². The molecule has 3 rings (SSSR count). The van der Waals surface area contributed by atoms with Crippen LogP contribution >= 0.6 is 0 Å². The van der Waals surface area contributed by atoms with Gasteiger partial charge < -0.3 is 10.2 Å². The summed E-state index contributed by atoms with van der Waals surface area (Å²) in [7, 11) is 0. The van der Waals surface area contributed by atoms with Crippen molar-refractivity contribution in [2.45, 2.75) is 57.5 Å². The Kier molecular flexibility index (Phi) is 4.00. The molecule has 1 aromatic rings. The number of nitrogens with zero attached hydrogens (tertiary/aromatic N) is 3. The second kappa shape index (κ2) is 5.91. The Balaban J connectivity index is 1.55. The van der Waals surface area contributed by atoms with E-state index in [1.54, 1.807) is 0 Å². The van der Waals surface area contributed by atoms with Crippen molar-refractivity contribution in [3.8, 4) is 0 Å². The van der Waals surface area contributed by atoms with Crippen molar-refractivity contribution in [2.75, 3.05) is 13.1 Å². The highest BCUT2D eigenvalue weighted by molar-refractivity contribution is 5.90. The van der Waals surface area contributed by atoms with Gasteiger partial charge in [-0.25, -0.2) is 4.98 Å². The molecule has 6 nitrogen and oxygen atoms in total. The fraction of sp³-hybridized carbons (Fsp3) is 0.786. The molecule has 0 aliphatic carbocycles. The van der Waals surface area contributed by atoms with E-state index >= 15 is 0 Å². The second-order valence-corrected chi connectivity index (χ2v) is 5.88. The molecule has 0 aromatic carbocycles. The molecule has 0 saturated carbocycles. The van der Waals surface area contributed by atoms with Crippen molar-refractivity contribution < 1.29 is 4.79 Å². The fourth-order valence-corrected chi connectivity index (χ4v) is 3.35. The predicted molar refractivity (Wildman–Crippen MR) is 75.5 cm³/mol. The molecule has 2 N–H and O–H groups in total. The molecule has 0 spiro atoms. The largest absolute Gasteiger partial charge is 0.346 e. The van der Waals surface area contributed by atoms with Crippen molar-refractivity contribution in [3.05, 3.63) is 11.6 Å². The van der Waals surface area contributed by atoms with Crippen LogP contribution in [0.1, 0.15) is 55.5 Å². The molecule has 2 unspecified atom stereocenters. The summed E-state index contributed by atoms with van der Waals surface area (Å²) in [5.74, 6) is 0.936. The third-order valence-corrected chi connectivity index (χ3v) is 4.38. The van der Waals surface area contributed by atoms with Crippen LogP contribution in [0.25, 0.3) is 0 Å². The predicted octanol–water partition coefficient (Wildman–Crippen LogP) is 1.11. The topological polar surface area (TPSA) is 73.9 Å². The molecule has 6 heteroatoms. The summed E-state index contributed by atoms with van der Waals surface area (Å²) in [4.78, 5) is 18.9. The van der Waals surface area contributed by atoms with Crippen LogP contribution in [0.5, 0.6) is 0 Å². The summed E-state index contributed by atoms with van der Waals surface area (Å²) in [6.07, 6.45) is 6.50. The zero-order chi connectivity index (χ0) is 13.9. The van der Waals surface area contributed by atoms with E-state index in [4.69, 9.17) is 0 Å². The Morgan fingerprint density at radius 2 is 2.35 bits per heavy atom. The van der Waals surface area contributed by atoms with Crippen LogP contribution in [0.4, 0.5) is 0 Å². The summed E-state index contributed by atoms with van der Waals surface area (Å²) in [5.41, 5.74) is 0. The van der Waals surface area contributed by atoms with Crippen LogP contribution in [0.2, 0.25) is 0 Å². The number of carbonyl (C=O) groups is 1. The molecular formula is C14H23N5O. The van der Waals surface area contributed by atoms with Crippen LogP contribution in [-0.2, 0) is 6.42 Å². The van der Waals surface area contributed by atoms with Gasteiger partial charge in [0, 0.05) is 25.0 Å². The van der Waals surface area contributed by atoms with E-state index in [-0.39, 0.29) is 17.8 Å². The number of nitrogens with one attached hydrogen (secondary N) is 2. The van der Waals surface area contributed by atoms with E-state index in [1.165, 1.54) is 19.4 Å². The van der Waals surface area contributed by atoms with Crippen molar-refractivity contribution in [1.29, 1.82) is 0 Å². The molecule has 2 fully saturated rings. The van der Waals surface area contributed by atoms with Gasteiger partial charge in [-0.05, 0) is 38.6 Å². The van der Waals surface area contributed by atoms with Gasteiger partial charge in [-0.1, -0.05) is 6.92 Å². The van der Waals surface area contributed by atoms with Crippen molar-refractivity contribution in [1.82, 2.24) is 25.4 Å². The highest BCUT2D eigenvalue weighted by atomic mass is 16.2. The number of amides is 1. The molecule has 2 atom stereocenters. The first-order chi connectivity index (χ1) is 9.76. The molecule has 1 amide bonds. The lowest BCUT2D eigenvalue weighted by Crippen LogP contribution is -2.47. The van der Waals surface area contributed by atoms with E-state index in [2.05, 4.69) is 32.3 Å². The van der Waals surface area contributed by atoms with Crippen molar-refractivity contribution in [3.63, 3.8) is 0 Å². The van der Waals surface area contributed by atoms with Crippen LogP contribution < -0.4 is 5.32 Å². The minimum Gasteiger partial charge on any atom is -0.346 e. The number of fused-ring (bicyclic) bond motifs is 1. The molecule has 110 valence electrons. The molecule has 1 aromatic heterocycles. The maximum absolute atomic E-state index is 12.2. The Morgan fingerprint density at radius 1 is 1.45 bits per heavy atom. The minimum absolute atomic E-state index is 0.139. The molecule has 2 saturated heterocycles. The lowest BCUT2D eigenvalue weighted by molar-refractivity contribution is 0.0886. The SMILES string of the molecule is CCCc1nc(C(=O)NC2CCN3CCCC3C2)n[nH]1. The quantitative estimate of drug-likeness (QED) is 0.864. The van der Waals surface area contributed by atoms with E-state index in [9.17, 15) is 4.79 Å². The lowest BCUT2D eigenvalue weighted by atomic mass is 9.97. The number of piperidine rings is 1. The number of aromatic nitrogens is 3. The van der Waals surface area contributed by atoms with Crippen LogP contribution in [0.3, 0.4) is 0 Å². The number of rotatable bonds is 4. The van der Waals surface area contributed by atoms with Gasteiger partial charge in [0.15, 0.2) is 0 Å². The summed E-state index contributed by atoms with van der Waals surface area (Å²) in [5, 5.41) is 9.93. The zero-order valence-corrected chi connectivity index (χ0v) is 12.1. The number of aryl methyl sites for hydroxylation is 1. The first kappa shape index (κ1) is 13.5. The third kappa shape index (κ3) is 2.85. The number of aromatic amines is 1. The third-order valence-electron chi connectivity index (χ3n) is 4.38. The molecule has 0 bridgehead atoms. The summed E-state index contributed by atoms with van der Waals surface area (Å²) in [6.45, 7) is 4.41. The number of hydrogen-bond donors (Lipinski definition) is 2. The maximum Gasteiger partial charge on any atom is 0.291 e. The summed E-state index contributed by atoms with van der Waals surface area (Å²) < 4.78 is 0. The van der Waals surface area contributed by atoms with E-state index in [1.807, 2.05) is 0 Å². The minimum atomic E-state index is -0.139. The Morgan fingerprint density at radius 3 is 3.20 bits per heavy atom. The van der Waals surface area contributed by atoms with Gasteiger partial charge in [0.1, 0.15) is 5.82 Å². The first-order valence-corrected chi connectivity index (χ1v) is 7.72. The summed E-state index contributed by atoms with van der Waals surface area (Å²) in [6, 6.07) is 0.937. The Hall–Kier alpha value is -1.43. The molecule has 2 aliphatic rings. The first-order valence-electron chi connectivity index (χ1n) is 7.72. The maximum atomic E-state index is 12.2. The number of carbonyl (C=O) groups excluding carboxylic acids is 1. The standard InChI is InChI=1S/C14H23N5O/c1-2-4-12-16-13(18-17-12)14(20)15-10-6-8-19-7-3-5-11(19)9-10/h10-11H,2-9H2,1H3,(H,15,20)(H,16,17,18). The molecule has 20 heavy (non-hydrogen) atoms. The summed E-state index contributed by atoms with van der Waals surface area (Å²) >= 11 is 0. The number of hydrogen-bond acceptors (Lipinski definition) is 4. The monoisotopic (exact) mass is 277 g/mol. The van der Waals surface area contributed by atoms with E-state index in [0.29, 0.717) is 6.04 Å². The Labute approximate surface area is 119 Å². The zero-order valence-electron chi connectivity index (χ0n) is 12.1. The molecule has 3 heterocycles. The molecular weight excluding hydrogens is 254 g/mol. The van der Waals surface area contributed by atoms with Gasteiger partial charge in [-0.15, -0.1) is 5.10 Å². The molecule has 2 aliphatic heterocycles. The highest BCUT2D eigenvalue weighted by Crippen LogP contribution is 2.26. The fourth-order valence-electron chi connectivity index (χ4n) is 3.35. The average molecular weight is 277 g/mol.